The van der Waals surface area contributed by atoms with Crippen LogP contribution in [0.1, 0.15) is 36.4 Å². The minimum absolute atomic E-state index is 0.182. The molecule has 0 aliphatic rings. The molecular weight excluding hydrogens is 466 g/mol. The van der Waals surface area contributed by atoms with Gasteiger partial charge in [-0.2, -0.15) is 0 Å². The topological polar surface area (TPSA) is 106 Å². The van der Waals surface area contributed by atoms with Crippen molar-refractivity contribution in [2.45, 2.75) is 32.9 Å². The zero-order valence-corrected chi connectivity index (χ0v) is 18.6. The Bertz CT molecular complexity index is 1150. The van der Waals surface area contributed by atoms with Crippen molar-refractivity contribution in [3.63, 3.8) is 0 Å². The largest absolute Gasteiger partial charge is 0.488 e. The number of carboxylic acid groups (broad SMARTS) is 1. The predicted octanol–water partition coefficient (Wildman–Crippen LogP) is 4.36. The molecule has 7 nitrogen and oxygen atoms in total. The minimum atomic E-state index is -1.14. The first kappa shape index (κ1) is 22.6. The number of benzene rings is 2. The SMILES string of the molecule is CC[C@@H](C)[C@H](NC(=O)c1cc(=O)c2c(OCc3ccc(Br)cc3)cccc2o1)C(=O)O. The van der Waals surface area contributed by atoms with Gasteiger partial charge in [0, 0.05) is 10.5 Å². The van der Waals surface area contributed by atoms with E-state index in [9.17, 15) is 19.5 Å². The van der Waals surface area contributed by atoms with Crippen LogP contribution in [0.5, 0.6) is 5.75 Å². The molecule has 0 radical (unpaired) electrons. The van der Waals surface area contributed by atoms with Gasteiger partial charge in [-0.3, -0.25) is 9.59 Å². The van der Waals surface area contributed by atoms with Gasteiger partial charge >= 0.3 is 5.97 Å². The molecule has 0 saturated carbocycles. The minimum Gasteiger partial charge on any atom is -0.488 e. The standard InChI is InChI=1S/C23H22BrNO6/c1-3-13(2)21(23(28)29)25-22(27)19-11-16(26)20-17(5-4-6-18(20)31-19)30-12-14-7-9-15(24)10-8-14/h4-11,13,21H,3,12H2,1-2H3,(H,25,27)(H,28,29)/t13-,21+/m1/s1. The summed E-state index contributed by atoms with van der Waals surface area (Å²) in [6.07, 6.45) is 0.567. The summed E-state index contributed by atoms with van der Waals surface area (Å²) >= 11 is 3.38. The molecule has 2 aromatic carbocycles. The van der Waals surface area contributed by atoms with E-state index in [1.54, 1.807) is 25.1 Å². The highest BCUT2D eigenvalue weighted by Gasteiger charge is 2.27. The van der Waals surface area contributed by atoms with Crippen molar-refractivity contribution in [3.05, 3.63) is 74.6 Å². The number of hydrogen-bond acceptors (Lipinski definition) is 5. The first-order valence-electron chi connectivity index (χ1n) is 9.78. The van der Waals surface area contributed by atoms with Crippen LogP contribution in [-0.2, 0) is 11.4 Å². The molecule has 3 aromatic rings. The first-order chi connectivity index (χ1) is 14.8. The van der Waals surface area contributed by atoms with Crippen molar-refractivity contribution < 1.29 is 23.8 Å². The Balaban J connectivity index is 1.86. The van der Waals surface area contributed by atoms with E-state index >= 15 is 0 Å². The second-order valence-corrected chi connectivity index (χ2v) is 8.11. The van der Waals surface area contributed by atoms with Gasteiger partial charge in [0.05, 0.1) is 0 Å². The van der Waals surface area contributed by atoms with Crippen LogP contribution < -0.4 is 15.5 Å². The van der Waals surface area contributed by atoms with Gasteiger partial charge in [0.25, 0.3) is 5.91 Å². The zero-order chi connectivity index (χ0) is 22.5. The highest BCUT2D eigenvalue weighted by Crippen LogP contribution is 2.25. The van der Waals surface area contributed by atoms with Crippen LogP contribution in [0.2, 0.25) is 0 Å². The molecular formula is C23H22BrNO6. The Morgan fingerprint density at radius 2 is 1.90 bits per heavy atom. The van der Waals surface area contributed by atoms with Gasteiger partial charge in [-0.15, -0.1) is 0 Å². The van der Waals surface area contributed by atoms with Crippen molar-refractivity contribution >= 4 is 38.8 Å². The number of fused-ring (bicyclic) bond motifs is 1. The zero-order valence-electron chi connectivity index (χ0n) is 17.1. The quantitative estimate of drug-likeness (QED) is 0.488. The van der Waals surface area contributed by atoms with E-state index in [2.05, 4.69) is 21.2 Å². The summed E-state index contributed by atoms with van der Waals surface area (Å²) in [6.45, 7) is 3.81. The molecule has 2 N–H and O–H groups in total. The summed E-state index contributed by atoms with van der Waals surface area (Å²) < 4.78 is 12.4. The molecule has 0 spiro atoms. The number of hydrogen-bond donors (Lipinski definition) is 2. The molecule has 8 heteroatoms. The number of carboxylic acids is 1. The molecule has 1 amide bonds. The molecule has 0 fully saturated rings. The summed E-state index contributed by atoms with van der Waals surface area (Å²) in [5.41, 5.74) is 0.653. The lowest BCUT2D eigenvalue weighted by molar-refractivity contribution is -0.140. The average Bonchev–Trinajstić information content (AvgIpc) is 2.75. The van der Waals surface area contributed by atoms with Crippen LogP contribution in [0.15, 0.2) is 62.2 Å². The van der Waals surface area contributed by atoms with E-state index in [-0.39, 0.29) is 29.3 Å². The van der Waals surface area contributed by atoms with Gasteiger partial charge in [-0.1, -0.05) is 54.4 Å². The summed E-state index contributed by atoms with van der Waals surface area (Å²) in [6, 6.07) is 12.4. The molecule has 31 heavy (non-hydrogen) atoms. The van der Waals surface area contributed by atoms with Gasteiger partial charge in [0.1, 0.15) is 29.4 Å². The molecule has 2 atom stereocenters. The molecule has 0 aliphatic carbocycles. The number of ether oxygens (including phenoxy) is 1. The van der Waals surface area contributed by atoms with E-state index in [1.165, 1.54) is 0 Å². The molecule has 3 rings (SSSR count). The van der Waals surface area contributed by atoms with Crippen molar-refractivity contribution in [1.29, 1.82) is 0 Å². The maximum Gasteiger partial charge on any atom is 0.326 e. The van der Waals surface area contributed by atoms with Gasteiger partial charge in [-0.25, -0.2) is 4.79 Å². The number of nitrogens with one attached hydrogen (secondary N) is 1. The summed E-state index contributed by atoms with van der Waals surface area (Å²) in [5.74, 6) is -2.10. The predicted molar refractivity (Wildman–Crippen MR) is 119 cm³/mol. The first-order valence-corrected chi connectivity index (χ1v) is 10.6. The summed E-state index contributed by atoms with van der Waals surface area (Å²) in [7, 11) is 0. The fourth-order valence-corrected chi connectivity index (χ4v) is 3.31. The smallest absolute Gasteiger partial charge is 0.326 e. The second-order valence-electron chi connectivity index (χ2n) is 7.19. The van der Waals surface area contributed by atoms with Gasteiger partial charge in [-0.05, 0) is 35.7 Å². The Kier molecular flexibility index (Phi) is 7.12. The third-order valence-corrected chi connectivity index (χ3v) is 5.54. The van der Waals surface area contributed by atoms with Crippen LogP contribution >= 0.6 is 15.9 Å². The van der Waals surface area contributed by atoms with E-state index in [0.29, 0.717) is 12.2 Å². The Labute approximate surface area is 187 Å². The molecule has 1 heterocycles. The van der Waals surface area contributed by atoms with Crippen LogP contribution in [0.4, 0.5) is 0 Å². The van der Waals surface area contributed by atoms with Crippen LogP contribution in [0.3, 0.4) is 0 Å². The Morgan fingerprint density at radius 1 is 1.19 bits per heavy atom. The highest BCUT2D eigenvalue weighted by molar-refractivity contribution is 9.10. The van der Waals surface area contributed by atoms with Crippen LogP contribution in [0, 0.1) is 5.92 Å². The molecule has 162 valence electrons. The van der Waals surface area contributed by atoms with Crippen molar-refractivity contribution in [2.75, 3.05) is 0 Å². The molecule has 0 bridgehead atoms. The third kappa shape index (κ3) is 5.32. The normalized spacial score (nSPS) is 12.9. The van der Waals surface area contributed by atoms with Crippen molar-refractivity contribution in [2.24, 2.45) is 5.92 Å². The average molecular weight is 488 g/mol. The highest BCUT2D eigenvalue weighted by atomic mass is 79.9. The van der Waals surface area contributed by atoms with E-state index in [0.717, 1.165) is 16.1 Å². The van der Waals surface area contributed by atoms with Crippen molar-refractivity contribution in [3.8, 4) is 5.75 Å². The molecule has 1 aromatic heterocycles. The second kappa shape index (κ2) is 9.78. The Morgan fingerprint density at radius 3 is 2.55 bits per heavy atom. The van der Waals surface area contributed by atoms with E-state index < -0.39 is 23.3 Å². The number of carbonyl (C=O) groups excluding carboxylic acids is 1. The number of carbonyl (C=O) groups is 2. The fraction of sp³-hybridized carbons (Fsp3) is 0.261. The number of aliphatic carboxylic acids is 1. The number of amides is 1. The molecule has 0 aliphatic heterocycles. The monoisotopic (exact) mass is 487 g/mol. The fourth-order valence-electron chi connectivity index (χ4n) is 3.05. The number of rotatable bonds is 8. The third-order valence-electron chi connectivity index (χ3n) is 5.01. The van der Waals surface area contributed by atoms with E-state index in [4.69, 9.17) is 9.15 Å². The van der Waals surface area contributed by atoms with Gasteiger partial charge in [0.2, 0.25) is 0 Å². The maximum atomic E-state index is 12.7. The summed E-state index contributed by atoms with van der Waals surface area (Å²) in [4.78, 5) is 36.8. The Hall–Kier alpha value is -3.13. The lowest BCUT2D eigenvalue weighted by Crippen LogP contribution is -2.45. The van der Waals surface area contributed by atoms with Crippen molar-refractivity contribution in [1.82, 2.24) is 5.32 Å². The van der Waals surface area contributed by atoms with Gasteiger partial charge < -0.3 is 19.6 Å². The lowest BCUT2D eigenvalue weighted by atomic mass is 9.99. The lowest BCUT2D eigenvalue weighted by Gasteiger charge is -2.19. The van der Waals surface area contributed by atoms with E-state index in [1.807, 2.05) is 31.2 Å². The number of halogens is 1. The van der Waals surface area contributed by atoms with Crippen LogP contribution in [0.25, 0.3) is 11.0 Å². The maximum absolute atomic E-state index is 12.7. The van der Waals surface area contributed by atoms with Crippen LogP contribution in [-0.4, -0.2) is 23.0 Å². The molecule has 0 unspecified atom stereocenters. The summed E-state index contributed by atoms with van der Waals surface area (Å²) in [5, 5.41) is 12.0. The van der Waals surface area contributed by atoms with Gasteiger partial charge in [0.15, 0.2) is 11.2 Å². The molecule has 0 saturated heterocycles.